The molecule has 0 N–H and O–H groups in total. The molecule has 27 heavy (non-hydrogen) atoms. The van der Waals surface area contributed by atoms with Gasteiger partial charge in [0.15, 0.2) is 16.3 Å². The van der Waals surface area contributed by atoms with Crippen molar-refractivity contribution < 1.29 is 14.3 Å². The third kappa shape index (κ3) is 4.20. The van der Waals surface area contributed by atoms with Crippen molar-refractivity contribution in [3.8, 4) is 11.5 Å². The maximum atomic E-state index is 12.8. The summed E-state index contributed by atoms with van der Waals surface area (Å²) in [4.78, 5) is 17.9. The van der Waals surface area contributed by atoms with Gasteiger partial charge in [-0.1, -0.05) is 17.4 Å². The SMILES string of the molecule is COc1ccc(C(=O)N=c2sc3cc(C)ccc3n2CCSC)cc1OC. The summed E-state index contributed by atoms with van der Waals surface area (Å²) in [5.74, 6) is 1.76. The Hall–Kier alpha value is -2.25. The van der Waals surface area contributed by atoms with E-state index in [1.54, 1.807) is 44.2 Å². The molecule has 7 heteroatoms. The van der Waals surface area contributed by atoms with Crippen molar-refractivity contribution in [1.29, 1.82) is 0 Å². The summed E-state index contributed by atoms with van der Waals surface area (Å²) in [6.07, 6.45) is 2.07. The zero-order valence-corrected chi connectivity index (χ0v) is 17.4. The Labute approximate surface area is 166 Å². The Bertz CT molecular complexity index is 1040. The van der Waals surface area contributed by atoms with Crippen molar-refractivity contribution >= 4 is 39.2 Å². The molecule has 0 aliphatic rings. The van der Waals surface area contributed by atoms with Gasteiger partial charge in [0.2, 0.25) is 0 Å². The second kappa shape index (κ2) is 8.63. The smallest absolute Gasteiger partial charge is 0.279 e. The first-order chi connectivity index (χ1) is 13.1. The van der Waals surface area contributed by atoms with Crippen LogP contribution >= 0.6 is 23.1 Å². The van der Waals surface area contributed by atoms with Crippen LogP contribution in [-0.4, -0.2) is 36.7 Å². The Morgan fingerprint density at radius 2 is 1.93 bits per heavy atom. The summed E-state index contributed by atoms with van der Waals surface area (Å²) >= 11 is 3.31. The summed E-state index contributed by atoms with van der Waals surface area (Å²) in [6, 6.07) is 11.4. The molecular weight excluding hydrogens is 380 g/mol. The quantitative estimate of drug-likeness (QED) is 0.622. The van der Waals surface area contributed by atoms with Crippen LogP contribution in [0.25, 0.3) is 10.2 Å². The highest BCUT2D eigenvalue weighted by Gasteiger charge is 2.12. The number of carbonyl (C=O) groups excluding carboxylic acids is 1. The molecular formula is C20H22N2O3S2. The number of fused-ring (bicyclic) bond motifs is 1. The molecule has 0 aliphatic carbocycles. The minimum absolute atomic E-state index is 0.294. The second-order valence-electron chi connectivity index (χ2n) is 5.99. The molecule has 3 aromatic rings. The molecule has 0 saturated carbocycles. The summed E-state index contributed by atoms with van der Waals surface area (Å²) < 4.78 is 13.8. The van der Waals surface area contributed by atoms with Crippen LogP contribution in [0.15, 0.2) is 41.4 Å². The fourth-order valence-corrected chi connectivity index (χ4v) is 4.30. The van der Waals surface area contributed by atoms with Crippen molar-refractivity contribution in [2.24, 2.45) is 4.99 Å². The zero-order valence-electron chi connectivity index (χ0n) is 15.8. The monoisotopic (exact) mass is 402 g/mol. The summed E-state index contributed by atoms with van der Waals surface area (Å²) in [5, 5.41) is 0. The van der Waals surface area contributed by atoms with Gasteiger partial charge in [0, 0.05) is 17.9 Å². The highest BCUT2D eigenvalue weighted by atomic mass is 32.2. The predicted molar refractivity (Wildman–Crippen MR) is 112 cm³/mol. The van der Waals surface area contributed by atoms with Crippen LogP contribution in [0.2, 0.25) is 0 Å². The van der Waals surface area contributed by atoms with E-state index in [0.29, 0.717) is 21.9 Å². The van der Waals surface area contributed by atoms with Gasteiger partial charge in [-0.25, -0.2) is 0 Å². The van der Waals surface area contributed by atoms with Crippen molar-refractivity contribution in [3.63, 3.8) is 0 Å². The first-order valence-electron chi connectivity index (χ1n) is 8.47. The Morgan fingerprint density at radius 1 is 1.15 bits per heavy atom. The van der Waals surface area contributed by atoms with Crippen LogP contribution in [0, 0.1) is 6.92 Å². The first-order valence-corrected chi connectivity index (χ1v) is 10.7. The maximum absolute atomic E-state index is 12.8. The van der Waals surface area contributed by atoms with Crippen molar-refractivity contribution in [3.05, 3.63) is 52.3 Å². The average Bonchev–Trinajstić information content (AvgIpc) is 3.01. The molecule has 0 fully saturated rings. The van der Waals surface area contributed by atoms with Gasteiger partial charge in [-0.05, 0) is 49.1 Å². The normalized spacial score (nSPS) is 11.8. The fraction of sp³-hybridized carbons (Fsp3) is 0.300. The highest BCUT2D eigenvalue weighted by molar-refractivity contribution is 7.98. The lowest BCUT2D eigenvalue weighted by Crippen LogP contribution is -2.18. The molecule has 1 heterocycles. The van der Waals surface area contributed by atoms with E-state index >= 15 is 0 Å². The number of benzene rings is 2. The second-order valence-corrected chi connectivity index (χ2v) is 7.98. The number of aryl methyl sites for hydroxylation is 2. The number of nitrogens with zero attached hydrogens (tertiary/aromatic N) is 2. The zero-order chi connectivity index (χ0) is 19.4. The lowest BCUT2D eigenvalue weighted by atomic mass is 10.2. The molecule has 5 nitrogen and oxygen atoms in total. The van der Waals surface area contributed by atoms with Crippen LogP contribution < -0.4 is 14.3 Å². The molecule has 3 rings (SSSR count). The van der Waals surface area contributed by atoms with Crippen LogP contribution in [0.5, 0.6) is 11.5 Å². The molecule has 142 valence electrons. The minimum Gasteiger partial charge on any atom is -0.493 e. The van der Waals surface area contributed by atoms with E-state index in [1.165, 1.54) is 16.9 Å². The van der Waals surface area contributed by atoms with Gasteiger partial charge < -0.3 is 14.0 Å². The number of aromatic nitrogens is 1. The van der Waals surface area contributed by atoms with Gasteiger partial charge in [-0.2, -0.15) is 16.8 Å². The van der Waals surface area contributed by atoms with Crippen molar-refractivity contribution in [2.45, 2.75) is 13.5 Å². The number of rotatable bonds is 6. The van der Waals surface area contributed by atoms with E-state index in [0.717, 1.165) is 22.5 Å². The molecule has 0 saturated heterocycles. The standard InChI is InChI=1S/C20H22N2O3S2/c1-13-5-7-15-18(11-13)27-20(22(15)9-10-26-4)21-19(23)14-6-8-16(24-2)17(12-14)25-3/h5-8,11-12H,9-10H2,1-4H3. The van der Waals surface area contributed by atoms with Gasteiger partial charge in [0.1, 0.15) is 0 Å². The maximum Gasteiger partial charge on any atom is 0.279 e. The van der Waals surface area contributed by atoms with Crippen molar-refractivity contribution in [2.75, 3.05) is 26.2 Å². The lowest BCUT2D eigenvalue weighted by Gasteiger charge is -2.08. The largest absolute Gasteiger partial charge is 0.493 e. The number of ether oxygens (including phenoxy) is 2. The molecule has 0 spiro atoms. The molecule has 2 aromatic carbocycles. The fourth-order valence-electron chi connectivity index (χ4n) is 2.79. The van der Waals surface area contributed by atoms with Crippen LogP contribution in [-0.2, 0) is 6.54 Å². The van der Waals surface area contributed by atoms with E-state index in [2.05, 4.69) is 40.9 Å². The summed E-state index contributed by atoms with van der Waals surface area (Å²) in [5.41, 5.74) is 2.77. The number of carbonyl (C=O) groups is 1. The number of thioether (sulfide) groups is 1. The predicted octanol–water partition coefficient (Wildman–Crippen LogP) is 4.13. The summed E-state index contributed by atoms with van der Waals surface area (Å²) in [7, 11) is 3.12. The lowest BCUT2D eigenvalue weighted by molar-refractivity contribution is 0.0997. The van der Waals surface area contributed by atoms with Crippen LogP contribution in [0.1, 0.15) is 15.9 Å². The Kier molecular flexibility index (Phi) is 6.23. The van der Waals surface area contributed by atoms with Crippen molar-refractivity contribution in [1.82, 2.24) is 4.57 Å². The van der Waals surface area contributed by atoms with E-state index in [1.807, 2.05) is 0 Å². The molecule has 1 aromatic heterocycles. The third-order valence-corrected chi connectivity index (χ3v) is 5.82. The number of hydrogen-bond donors (Lipinski definition) is 0. The Balaban J connectivity index is 2.07. The molecule has 0 radical (unpaired) electrons. The number of methoxy groups -OCH3 is 2. The summed E-state index contributed by atoms with van der Waals surface area (Å²) in [6.45, 7) is 2.87. The number of amides is 1. The minimum atomic E-state index is -0.294. The first kappa shape index (κ1) is 19.5. The van der Waals surface area contributed by atoms with Gasteiger partial charge in [0.25, 0.3) is 5.91 Å². The molecule has 0 bridgehead atoms. The van der Waals surface area contributed by atoms with Gasteiger partial charge in [0.05, 0.1) is 24.4 Å². The molecule has 0 aliphatic heterocycles. The Morgan fingerprint density at radius 3 is 2.63 bits per heavy atom. The number of thiazole rings is 1. The van der Waals surface area contributed by atoms with Gasteiger partial charge in [-0.3, -0.25) is 4.79 Å². The average molecular weight is 403 g/mol. The van der Waals surface area contributed by atoms with E-state index in [4.69, 9.17) is 9.47 Å². The van der Waals surface area contributed by atoms with Gasteiger partial charge >= 0.3 is 0 Å². The molecule has 0 unspecified atom stereocenters. The van der Waals surface area contributed by atoms with E-state index < -0.39 is 0 Å². The molecule has 1 amide bonds. The van der Waals surface area contributed by atoms with Crippen LogP contribution in [0.4, 0.5) is 0 Å². The topological polar surface area (TPSA) is 52.8 Å². The van der Waals surface area contributed by atoms with Crippen LogP contribution in [0.3, 0.4) is 0 Å². The number of hydrogen-bond acceptors (Lipinski definition) is 5. The van der Waals surface area contributed by atoms with Gasteiger partial charge in [-0.15, -0.1) is 0 Å². The van der Waals surface area contributed by atoms with E-state index in [-0.39, 0.29) is 5.91 Å². The molecule has 0 atom stereocenters. The highest BCUT2D eigenvalue weighted by Crippen LogP contribution is 2.28. The third-order valence-electron chi connectivity index (χ3n) is 4.18. The van der Waals surface area contributed by atoms with E-state index in [9.17, 15) is 4.79 Å².